The third-order valence-electron chi connectivity index (χ3n) is 4.98. The number of amides is 2. The maximum Gasteiger partial charge on any atom is 0.287 e. The van der Waals surface area contributed by atoms with Crippen molar-refractivity contribution in [2.24, 2.45) is 4.99 Å². The molecule has 4 rings (SSSR count). The highest BCUT2D eigenvalue weighted by Crippen LogP contribution is 2.44. The van der Waals surface area contributed by atoms with Gasteiger partial charge in [-0.3, -0.25) is 9.59 Å². The molecule has 1 saturated heterocycles. The fourth-order valence-corrected chi connectivity index (χ4v) is 5.10. The molecule has 0 saturated carbocycles. The van der Waals surface area contributed by atoms with Gasteiger partial charge in [0.05, 0.1) is 16.2 Å². The maximum absolute atomic E-state index is 13.0. The average molecular weight is 434 g/mol. The van der Waals surface area contributed by atoms with Gasteiger partial charge in [0.25, 0.3) is 11.8 Å². The summed E-state index contributed by atoms with van der Waals surface area (Å²) in [5.41, 5.74) is 2.17. The van der Waals surface area contributed by atoms with Gasteiger partial charge in [0.1, 0.15) is 0 Å². The molecule has 1 aromatic carbocycles. The molecule has 0 N–H and O–H groups in total. The van der Waals surface area contributed by atoms with Gasteiger partial charge in [-0.1, -0.05) is 28.8 Å². The van der Waals surface area contributed by atoms with Crippen LogP contribution in [0.4, 0.5) is 5.69 Å². The lowest BCUT2D eigenvalue weighted by Crippen LogP contribution is -2.28. The van der Waals surface area contributed by atoms with Gasteiger partial charge in [0.2, 0.25) is 0 Å². The third-order valence-corrected chi connectivity index (χ3v) is 6.59. The molecule has 2 amide bonds. The number of carbonyl (C=O) groups excluding carboxylic acids is 2. The zero-order valence-corrected chi connectivity index (χ0v) is 17.0. The SMILES string of the molecule is CCN1C(=O)/C(=C2/SC(N3CCCCCC3)=NC2=O)c2cc(Br)ccc21. The van der Waals surface area contributed by atoms with E-state index in [1.807, 2.05) is 25.1 Å². The van der Waals surface area contributed by atoms with Crippen molar-refractivity contribution >= 4 is 55.9 Å². The molecule has 0 aromatic heterocycles. The number of fused-ring (bicyclic) bond motifs is 1. The number of hydrogen-bond donors (Lipinski definition) is 0. The van der Waals surface area contributed by atoms with Crippen LogP contribution >= 0.6 is 27.7 Å². The predicted molar refractivity (Wildman–Crippen MR) is 109 cm³/mol. The van der Waals surface area contributed by atoms with Crippen LogP contribution in [0.1, 0.15) is 38.2 Å². The first-order valence-electron chi connectivity index (χ1n) is 9.02. The molecule has 7 heteroatoms. The molecule has 3 aliphatic heterocycles. The van der Waals surface area contributed by atoms with Crippen LogP contribution < -0.4 is 4.90 Å². The summed E-state index contributed by atoms with van der Waals surface area (Å²) >= 11 is 4.84. The van der Waals surface area contributed by atoms with E-state index in [0.29, 0.717) is 17.0 Å². The van der Waals surface area contributed by atoms with Crippen molar-refractivity contribution in [3.63, 3.8) is 0 Å². The van der Waals surface area contributed by atoms with Gasteiger partial charge in [-0.15, -0.1) is 0 Å². The average Bonchev–Trinajstić information content (AvgIpc) is 2.98. The molecular weight excluding hydrogens is 414 g/mol. The molecule has 1 aromatic rings. The van der Waals surface area contributed by atoms with Crippen molar-refractivity contribution in [2.75, 3.05) is 24.5 Å². The second-order valence-electron chi connectivity index (χ2n) is 6.62. The fraction of sp³-hybridized carbons (Fsp3) is 0.421. The zero-order valence-electron chi connectivity index (χ0n) is 14.6. The van der Waals surface area contributed by atoms with Crippen LogP contribution in [-0.4, -0.2) is 41.5 Å². The summed E-state index contributed by atoms with van der Waals surface area (Å²) in [6.07, 6.45) is 4.69. The Balaban J connectivity index is 1.72. The van der Waals surface area contributed by atoms with Gasteiger partial charge in [-0.05, 0) is 49.7 Å². The van der Waals surface area contributed by atoms with E-state index in [-0.39, 0.29) is 11.8 Å². The van der Waals surface area contributed by atoms with Gasteiger partial charge in [0.15, 0.2) is 5.17 Å². The van der Waals surface area contributed by atoms with E-state index in [2.05, 4.69) is 25.8 Å². The van der Waals surface area contributed by atoms with Gasteiger partial charge in [-0.2, -0.15) is 4.99 Å². The number of aliphatic imine (C=N–C) groups is 1. The summed E-state index contributed by atoms with van der Waals surface area (Å²) in [7, 11) is 0. The summed E-state index contributed by atoms with van der Waals surface area (Å²) < 4.78 is 0.893. The monoisotopic (exact) mass is 433 g/mol. The summed E-state index contributed by atoms with van der Waals surface area (Å²) in [4.78, 5) is 34.3. The fourth-order valence-electron chi connectivity index (χ4n) is 3.69. The van der Waals surface area contributed by atoms with Crippen molar-refractivity contribution in [2.45, 2.75) is 32.6 Å². The number of anilines is 1. The molecule has 5 nitrogen and oxygen atoms in total. The number of hydrogen-bond acceptors (Lipinski definition) is 4. The maximum atomic E-state index is 13.0. The second kappa shape index (κ2) is 7.19. The molecule has 3 aliphatic rings. The predicted octanol–water partition coefficient (Wildman–Crippen LogP) is 4.03. The van der Waals surface area contributed by atoms with E-state index in [1.165, 1.54) is 24.6 Å². The van der Waals surface area contributed by atoms with Crippen LogP contribution in [0.2, 0.25) is 0 Å². The van der Waals surface area contributed by atoms with Crippen molar-refractivity contribution in [3.05, 3.63) is 33.1 Å². The quantitative estimate of drug-likeness (QED) is 0.627. The summed E-state index contributed by atoms with van der Waals surface area (Å²) in [6, 6.07) is 5.77. The van der Waals surface area contributed by atoms with E-state index in [1.54, 1.807) is 4.90 Å². The Morgan fingerprint density at radius 1 is 1.15 bits per heavy atom. The Bertz CT molecular complexity index is 841. The summed E-state index contributed by atoms with van der Waals surface area (Å²) in [5.74, 6) is -0.398. The molecule has 136 valence electrons. The highest BCUT2D eigenvalue weighted by atomic mass is 79.9. The Kier molecular flexibility index (Phi) is 4.92. The number of halogens is 1. The van der Waals surface area contributed by atoms with Gasteiger partial charge in [0, 0.05) is 29.7 Å². The number of likely N-dealkylation sites (tertiary alicyclic amines) is 1. The minimum absolute atomic E-state index is 0.108. The van der Waals surface area contributed by atoms with Crippen molar-refractivity contribution < 1.29 is 9.59 Å². The molecule has 0 atom stereocenters. The Morgan fingerprint density at radius 2 is 1.88 bits per heavy atom. The number of benzene rings is 1. The van der Waals surface area contributed by atoms with Gasteiger partial charge < -0.3 is 9.80 Å². The van der Waals surface area contributed by atoms with Crippen molar-refractivity contribution in [1.29, 1.82) is 0 Å². The zero-order chi connectivity index (χ0) is 18.3. The molecular formula is C19H20BrN3O2S. The normalized spacial score (nSPS) is 23.4. The largest absolute Gasteiger partial charge is 0.351 e. The number of nitrogens with zero attached hydrogens (tertiary/aromatic N) is 3. The molecule has 0 bridgehead atoms. The third kappa shape index (κ3) is 3.01. The van der Waals surface area contributed by atoms with Gasteiger partial charge in [-0.25, -0.2) is 0 Å². The topological polar surface area (TPSA) is 53.0 Å². The first kappa shape index (κ1) is 17.8. The van der Waals surface area contributed by atoms with E-state index in [0.717, 1.165) is 46.8 Å². The van der Waals surface area contributed by atoms with Crippen LogP contribution in [-0.2, 0) is 9.59 Å². The highest BCUT2D eigenvalue weighted by molar-refractivity contribution is 9.10. The Labute approximate surface area is 165 Å². The van der Waals surface area contributed by atoms with Crippen LogP contribution in [0.5, 0.6) is 0 Å². The number of carbonyl (C=O) groups is 2. The van der Waals surface area contributed by atoms with E-state index in [9.17, 15) is 9.59 Å². The molecule has 0 radical (unpaired) electrons. The van der Waals surface area contributed by atoms with Crippen LogP contribution in [0.15, 0.2) is 32.6 Å². The minimum atomic E-state index is -0.290. The van der Waals surface area contributed by atoms with Crippen LogP contribution in [0.3, 0.4) is 0 Å². The number of rotatable bonds is 1. The van der Waals surface area contributed by atoms with Crippen molar-refractivity contribution in [3.8, 4) is 0 Å². The highest BCUT2D eigenvalue weighted by Gasteiger charge is 2.39. The first-order valence-corrected chi connectivity index (χ1v) is 10.6. The van der Waals surface area contributed by atoms with Crippen molar-refractivity contribution in [1.82, 2.24) is 4.90 Å². The van der Waals surface area contributed by atoms with E-state index in [4.69, 9.17) is 0 Å². The molecule has 3 heterocycles. The first-order chi connectivity index (χ1) is 12.6. The van der Waals surface area contributed by atoms with Gasteiger partial charge >= 0.3 is 0 Å². The van der Waals surface area contributed by atoms with E-state index >= 15 is 0 Å². The summed E-state index contributed by atoms with van der Waals surface area (Å²) in [5, 5.41) is 0.749. The molecule has 26 heavy (non-hydrogen) atoms. The lowest BCUT2D eigenvalue weighted by molar-refractivity contribution is -0.115. The second-order valence-corrected chi connectivity index (χ2v) is 8.51. The number of amidine groups is 1. The van der Waals surface area contributed by atoms with Crippen LogP contribution in [0, 0.1) is 0 Å². The number of likely N-dealkylation sites (N-methyl/N-ethyl adjacent to an activating group) is 1. The summed E-state index contributed by atoms with van der Waals surface area (Å²) in [6.45, 7) is 4.38. The Morgan fingerprint density at radius 3 is 2.58 bits per heavy atom. The van der Waals surface area contributed by atoms with Crippen LogP contribution in [0.25, 0.3) is 5.57 Å². The minimum Gasteiger partial charge on any atom is -0.351 e. The molecule has 0 spiro atoms. The standard InChI is InChI=1S/C19H20BrN3O2S/c1-2-23-14-8-7-12(20)11-13(14)15(18(23)25)16-17(24)21-19(26-16)22-9-5-3-4-6-10-22/h7-8,11H,2-6,9-10H2,1H3/b16-15+. The number of thioether (sulfide) groups is 1. The molecule has 0 unspecified atom stereocenters. The lowest BCUT2D eigenvalue weighted by Gasteiger charge is -2.20. The Hall–Kier alpha value is -1.60. The molecule has 0 aliphatic carbocycles. The lowest BCUT2D eigenvalue weighted by atomic mass is 10.1. The molecule has 1 fully saturated rings. The smallest absolute Gasteiger partial charge is 0.287 e. The van der Waals surface area contributed by atoms with E-state index < -0.39 is 0 Å².